The Bertz CT molecular complexity index is 444. The van der Waals surface area contributed by atoms with E-state index in [9.17, 15) is 4.79 Å². The Labute approximate surface area is 120 Å². The minimum Gasteiger partial charge on any atom is -0.383 e. The molecule has 1 heterocycles. The first kappa shape index (κ1) is 14.8. The average Bonchev–Trinajstić information content (AvgIpc) is 2.49. The van der Waals surface area contributed by atoms with Gasteiger partial charge in [-0.3, -0.25) is 4.79 Å². The summed E-state index contributed by atoms with van der Waals surface area (Å²) >= 11 is 0. The van der Waals surface area contributed by atoms with Crippen LogP contribution in [0, 0.1) is 0 Å². The highest BCUT2D eigenvalue weighted by atomic mass is 16.5. The second kappa shape index (κ2) is 7.26. The average molecular weight is 277 g/mol. The standard InChI is InChI=1S/C15H23N3O2/c1-20-11-12(16)15(19)17-13-7-3-4-8-14(13)18-9-5-2-6-10-18/h3-4,7-8,12H,2,5-6,9-11,16H2,1H3,(H,17,19). The number of nitrogens with zero attached hydrogens (tertiary/aromatic N) is 1. The molecule has 0 bridgehead atoms. The summed E-state index contributed by atoms with van der Waals surface area (Å²) < 4.78 is 4.91. The van der Waals surface area contributed by atoms with Crippen LogP contribution in [0.15, 0.2) is 24.3 Å². The van der Waals surface area contributed by atoms with E-state index in [0.717, 1.165) is 24.5 Å². The van der Waals surface area contributed by atoms with Gasteiger partial charge in [0, 0.05) is 20.2 Å². The van der Waals surface area contributed by atoms with Gasteiger partial charge in [-0.2, -0.15) is 0 Å². The van der Waals surface area contributed by atoms with Crippen molar-refractivity contribution in [3.63, 3.8) is 0 Å². The van der Waals surface area contributed by atoms with E-state index in [4.69, 9.17) is 10.5 Å². The Morgan fingerprint density at radius 3 is 2.75 bits per heavy atom. The molecule has 1 aromatic carbocycles. The number of amides is 1. The lowest BCUT2D eigenvalue weighted by Crippen LogP contribution is -2.39. The molecule has 110 valence electrons. The van der Waals surface area contributed by atoms with Gasteiger partial charge in [0.05, 0.1) is 18.0 Å². The lowest BCUT2D eigenvalue weighted by Gasteiger charge is -2.30. The van der Waals surface area contributed by atoms with Crippen LogP contribution in [0.4, 0.5) is 11.4 Å². The molecular formula is C15H23N3O2. The highest BCUT2D eigenvalue weighted by Gasteiger charge is 2.18. The van der Waals surface area contributed by atoms with Crippen molar-refractivity contribution < 1.29 is 9.53 Å². The highest BCUT2D eigenvalue weighted by Crippen LogP contribution is 2.28. The van der Waals surface area contributed by atoms with Gasteiger partial charge in [-0.25, -0.2) is 0 Å². The predicted octanol–water partition coefficient (Wildman–Crippen LogP) is 1.59. The van der Waals surface area contributed by atoms with E-state index in [2.05, 4.69) is 10.2 Å². The molecule has 1 unspecified atom stereocenters. The van der Waals surface area contributed by atoms with E-state index < -0.39 is 6.04 Å². The minimum absolute atomic E-state index is 0.212. The fourth-order valence-corrected chi connectivity index (χ4v) is 2.47. The number of nitrogens with two attached hydrogens (primary N) is 1. The third kappa shape index (κ3) is 3.71. The maximum atomic E-state index is 12.0. The van der Waals surface area contributed by atoms with E-state index >= 15 is 0 Å². The molecule has 0 radical (unpaired) electrons. The number of anilines is 2. The second-order valence-electron chi connectivity index (χ2n) is 5.12. The number of hydrogen-bond acceptors (Lipinski definition) is 4. The van der Waals surface area contributed by atoms with Crippen LogP contribution in [0.2, 0.25) is 0 Å². The van der Waals surface area contributed by atoms with Gasteiger partial charge in [0.15, 0.2) is 0 Å². The summed E-state index contributed by atoms with van der Waals surface area (Å²) in [4.78, 5) is 14.3. The van der Waals surface area contributed by atoms with Crippen LogP contribution in [-0.2, 0) is 9.53 Å². The molecule has 1 aromatic rings. The molecule has 2 rings (SSSR count). The Morgan fingerprint density at radius 2 is 2.05 bits per heavy atom. The van der Waals surface area contributed by atoms with Crippen LogP contribution in [-0.4, -0.2) is 38.8 Å². The van der Waals surface area contributed by atoms with Crippen molar-refractivity contribution in [3.8, 4) is 0 Å². The Morgan fingerprint density at radius 1 is 1.35 bits per heavy atom. The summed E-state index contributed by atoms with van der Waals surface area (Å²) in [5.74, 6) is -0.212. The molecule has 0 spiro atoms. The van der Waals surface area contributed by atoms with Crippen molar-refractivity contribution in [3.05, 3.63) is 24.3 Å². The van der Waals surface area contributed by atoms with Gasteiger partial charge < -0.3 is 20.7 Å². The van der Waals surface area contributed by atoms with Gasteiger partial charge in [0.25, 0.3) is 0 Å². The zero-order valence-corrected chi connectivity index (χ0v) is 12.0. The molecule has 1 saturated heterocycles. The van der Waals surface area contributed by atoms with Crippen molar-refractivity contribution in [2.24, 2.45) is 5.73 Å². The van der Waals surface area contributed by atoms with Crippen LogP contribution >= 0.6 is 0 Å². The first-order chi connectivity index (χ1) is 9.72. The molecule has 1 fully saturated rings. The van der Waals surface area contributed by atoms with Crippen molar-refractivity contribution in [2.45, 2.75) is 25.3 Å². The number of rotatable bonds is 5. The second-order valence-corrected chi connectivity index (χ2v) is 5.12. The van der Waals surface area contributed by atoms with Gasteiger partial charge in [-0.05, 0) is 31.4 Å². The molecule has 5 heteroatoms. The van der Waals surface area contributed by atoms with Gasteiger partial charge in [0.1, 0.15) is 6.04 Å². The molecule has 0 saturated carbocycles. The third-order valence-electron chi connectivity index (χ3n) is 3.54. The van der Waals surface area contributed by atoms with Gasteiger partial charge >= 0.3 is 0 Å². The zero-order chi connectivity index (χ0) is 14.4. The van der Waals surface area contributed by atoms with Crippen LogP contribution in [0.1, 0.15) is 19.3 Å². The number of ether oxygens (including phenoxy) is 1. The maximum Gasteiger partial charge on any atom is 0.243 e. The van der Waals surface area contributed by atoms with Crippen molar-refractivity contribution in [1.82, 2.24) is 0 Å². The largest absolute Gasteiger partial charge is 0.383 e. The Kier molecular flexibility index (Phi) is 5.38. The normalized spacial score (nSPS) is 16.8. The number of methoxy groups -OCH3 is 1. The van der Waals surface area contributed by atoms with Crippen molar-refractivity contribution in [2.75, 3.05) is 37.0 Å². The first-order valence-corrected chi connectivity index (χ1v) is 7.11. The summed E-state index contributed by atoms with van der Waals surface area (Å²) in [5.41, 5.74) is 7.65. The quantitative estimate of drug-likeness (QED) is 0.857. The molecule has 1 atom stereocenters. The third-order valence-corrected chi connectivity index (χ3v) is 3.54. The van der Waals surface area contributed by atoms with Gasteiger partial charge in [0.2, 0.25) is 5.91 Å². The van der Waals surface area contributed by atoms with Crippen molar-refractivity contribution in [1.29, 1.82) is 0 Å². The molecule has 3 N–H and O–H groups in total. The monoisotopic (exact) mass is 277 g/mol. The summed E-state index contributed by atoms with van der Waals surface area (Å²) in [5, 5.41) is 2.91. The number of benzene rings is 1. The maximum absolute atomic E-state index is 12.0. The number of para-hydroxylation sites is 2. The fraction of sp³-hybridized carbons (Fsp3) is 0.533. The lowest BCUT2D eigenvalue weighted by atomic mass is 10.1. The molecular weight excluding hydrogens is 254 g/mol. The van der Waals surface area contributed by atoms with E-state index in [1.165, 1.54) is 26.4 Å². The number of carbonyl (C=O) groups is 1. The molecule has 1 aliphatic rings. The smallest absolute Gasteiger partial charge is 0.243 e. The van der Waals surface area contributed by atoms with E-state index in [-0.39, 0.29) is 12.5 Å². The number of piperidine rings is 1. The van der Waals surface area contributed by atoms with Crippen LogP contribution in [0.5, 0.6) is 0 Å². The molecule has 0 aromatic heterocycles. The van der Waals surface area contributed by atoms with Crippen LogP contribution in [0.3, 0.4) is 0 Å². The van der Waals surface area contributed by atoms with Gasteiger partial charge in [-0.1, -0.05) is 12.1 Å². The molecule has 20 heavy (non-hydrogen) atoms. The molecule has 1 aliphatic heterocycles. The zero-order valence-electron chi connectivity index (χ0n) is 12.0. The van der Waals surface area contributed by atoms with E-state index in [0.29, 0.717) is 0 Å². The fourth-order valence-electron chi connectivity index (χ4n) is 2.47. The minimum atomic E-state index is -0.644. The van der Waals surface area contributed by atoms with Crippen LogP contribution in [0.25, 0.3) is 0 Å². The summed E-state index contributed by atoms with van der Waals surface area (Å²) in [6.45, 7) is 2.30. The van der Waals surface area contributed by atoms with E-state index in [1.54, 1.807) is 0 Å². The van der Waals surface area contributed by atoms with E-state index in [1.807, 2.05) is 24.3 Å². The summed E-state index contributed by atoms with van der Waals surface area (Å²) in [6.07, 6.45) is 3.68. The Hall–Kier alpha value is -1.59. The molecule has 0 aliphatic carbocycles. The number of hydrogen-bond donors (Lipinski definition) is 2. The van der Waals surface area contributed by atoms with Gasteiger partial charge in [-0.15, -0.1) is 0 Å². The van der Waals surface area contributed by atoms with Crippen molar-refractivity contribution >= 4 is 17.3 Å². The molecule has 1 amide bonds. The predicted molar refractivity (Wildman–Crippen MR) is 81.0 cm³/mol. The summed E-state index contributed by atoms with van der Waals surface area (Å²) in [6, 6.07) is 7.23. The molecule has 5 nitrogen and oxygen atoms in total. The number of carbonyl (C=O) groups excluding carboxylic acids is 1. The number of nitrogens with one attached hydrogen (secondary N) is 1. The topological polar surface area (TPSA) is 67.6 Å². The highest BCUT2D eigenvalue weighted by molar-refractivity contribution is 5.97. The van der Waals surface area contributed by atoms with Crippen LogP contribution < -0.4 is 16.0 Å². The SMILES string of the molecule is COCC(N)C(=O)Nc1ccccc1N1CCCCC1. The summed E-state index contributed by atoms with van der Waals surface area (Å²) in [7, 11) is 1.54. The Balaban J connectivity index is 2.09. The lowest BCUT2D eigenvalue weighted by molar-refractivity contribution is -0.118. The first-order valence-electron chi connectivity index (χ1n) is 7.11.